The summed E-state index contributed by atoms with van der Waals surface area (Å²) in [6, 6.07) is 5.77. The van der Waals surface area contributed by atoms with Crippen LogP contribution in [0.25, 0.3) is 16.9 Å². The molecule has 0 aliphatic heterocycles. The van der Waals surface area contributed by atoms with E-state index in [0.717, 1.165) is 12.8 Å². The Bertz CT molecular complexity index is 1100. The second kappa shape index (κ2) is 6.99. The van der Waals surface area contributed by atoms with Gasteiger partial charge in [-0.15, -0.1) is 0 Å². The molecule has 3 aromatic rings. The minimum absolute atomic E-state index is 0.0433. The predicted molar refractivity (Wildman–Crippen MR) is 97.1 cm³/mol. The molecule has 0 unspecified atom stereocenters. The molecule has 1 aromatic carbocycles. The monoisotopic (exact) mass is 389 g/mol. The maximum Gasteiger partial charge on any atom is 0.387 e. The lowest BCUT2D eigenvalue weighted by Gasteiger charge is -2.16. The van der Waals surface area contributed by atoms with Crippen LogP contribution in [-0.4, -0.2) is 35.1 Å². The van der Waals surface area contributed by atoms with Crippen molar-refractivity contribution in [1.82, 2.24) is 14.7 Å². The molecule has 0 saturated heterocycles. The number of carbonyl (C=O) groups excluding carboxylic acids is 1. The van der Waals surface area contributed by atoms with Crippen LogP contribution in [0.3, 0.4) is 0 Å². The number of aromatic amines is 1. The third-order valence-electron chi connectivity index (χ3n) is 4.48. The molecule has 0 spiro atoms. The van der Waals surface area contributed by atoms with Crippen LogP contribution < -0.4 is 20.2 Å². The van der Waals surface area contributed by atoms with Crippen molar-refractivity contribution in [3.63, 3.8) is 0 Å². The summed E-state index contributed by atoms with van der Waals surface area (Å²) in [5.74, 6) is -0.691. The van der Waals surface area contributed by atoms with Gasteiger partial charge in [-0.25, -0.2) is 0 Å². The number of fused-ring (bicyclic) bond motifs is 1. The number of alkyl halides is 2. The fourth-order valence-corrected chi connectivity index (χ4v) is 3.03. The van der Waals surface area contributed by atoms with Gasteiger partial charge in [-0.3, -0.25) is 9.59 Å². The van der Waals surface area contributed by atoms with E-state index >= 15 is 0 Å². The molecule has 1 saturated carbocycles. The summed E-state index contributed by atoms with van der Waals surface area (Å²) in [6.45, 7) is -3.11. The first kappa shape index (κ1) is 18.0. The van der Waals surface area contributed by atoms with Gasteiger partial charge in [-0.1, -0.05) is 0 Å². The molecule has 1 amide bonds. The highest BCUT2D eigenvalue weighted by Gasteiger charge is 2.29. The summed E-state index contributed by atoms with van der Waals surface area (Å²) in [5, 5.41) is 2.76. The Kier molecular flexibility index (Phi) is 4.50. The minimum Gasteiger partial charge on any atom is -0.496 e. The number of ether oxygens (including phenoxy) is 2. The first-order chi connectivity index (χ1) is 13.5. The lowest BCUT2D eigenvalue weighted by atomic mass is 10.1. The minimum atomic E-state index is -3.11. The predicted octanol–water partition coefficient (Wildman–Crippen LogP) is 2.80. The van der Waals surface area contributed by atoms with Crippen LogP contribution in [0.5, 0.6) is 11.5 Å². The Labute approximate surface area is 157 Å². The zero-order valence-corrected chi connectivity index (χ0v) is 14.9. The molecular weight excluding hydrogens is 372 g/mol. The summed E-state index contributed by atoms with van der Waals surface area (Å²) in [4.78, 5) is 27.0. The van der Waals surface area contributed by atoms with Gasteiger partial charge in [0.05, 0.1) is 12.8 Å². The highest BCUT2D eigenvalue weighted by molar-refractivity contribution is 6.01. The standard InChI is InChI=1S/C19H17F2N3O4/c1-27-14-6-10(13-9-22-16-8-12(25)4-5-24(13)16)7-15(28-19(20)21)17(14)18(26)23-11-2-3-11/h4-9,11,19,22H,2-3H2,1H3,(H,23,26). The number of aromatic nitrogens is 2. The van der Waals surface area contributed by atoms with Crippen molar-refractivity contribution in [3.8, 4) is 22.8 Å². The third-order valence-corrected chi connectivity index (χ3v) is 4.48. The molecular formula is C19H17F2N3O4. The van der Waals surface area contributed by atoms with Crippen molar-refractivity contribution in [2.24, 2.45) is 0 Å². The summed E-state index contributed by atoms with van der Waals surface area (Å²) >= 11 is 0. The van der Waals surface area contributed by atoms with E-state index in [0.29, 0.717) is 16.9 Å². The van der Waals surface area contributed by atoms with E-state index in [4.69, 9.17) is 4.74 Å². The zero-order valence-electron chi connectivity index (χ0n) is 14.9. The van der Waals surface area contributed by atoms with Crippen LogP contribution in [-0.2, 0) is 0 Å². The van der Waals surface area contributed by atoms with E-state index in [1.165, 1.54) is 25.3 Å². The summed E-state index contributed by atoms with van der Waals surface area (Å²) < 4.78 is 37.6. The Balaban J connectivity index is 1.85. The number of benzene rings is 1. The number of amides is 1. The van der Waals surface area contributed by atoms with Crippen LogP contribution in [0.2, 0.25) is 0 Å². The average Bonchev–Trinajstić information content (AvgIpc) is 3.36. The van der Waals surface area contributed by atoms with Crippen LogP contribution >= 0.6 is 0 Å². The van der Waals surface area contributed by atoms with Gasteiger partial charge in [-0.05, 0) is 25.0 Å². The number of hydrogen-bond acceptors (Lipinski definition) is 4. The molecule has 1 fully saturated rings. The number of rotatable bonds is 6. The number of nitrogens with one attached hydrogen (secondary N) is 2. The normalized spacial score (nSPS) is 13.7. The topological polar surface area (TPSA) is 84.8 Å². The van der Waals surface area contributed by atoms with Crippen LogP contribution in [0, 0.1) is 0 Å². The van der Waals surface area contributed by atoms with Crippen LogP contribution in [0.1, 0.15) is 23.2 Å². The number of methoxy groups -OCH3 is 1. The molecule has 0 atom stereocenters. The number of imidazole rings is 1. The van der Waals surface area contributed by atoms with Gasteiger partial charge < -0.3 is 24.2 Å². The number of hydrogen-bond donors (Lipinski definition) is 2. The van der Waals surface area contributed by atoms with Crippen molar-refractivity contribution in [3.05, 3.63) is 52.4 Å². The molecule has 0 radical (unpaired) electrons. The fraction of sp³-hybridized carbons (Fsp3) is 0.263. The molecule has 2 heterocycles. The number of nitrogens with zero attached hydrogens (tertiary/aromatic N) is 1. The molecule has 1 aliphatic rings. The van der Waals surface area contributed by atoms with Crippen molar-refractivity contribution < 1.29 is 23.0 Å². The lowest BCUT2D eigenvalue weighted by molar-refractivity contribution is -0.0502. The van der Waals surface area contributed by atoms with Crippen molar-refractivity contribution >= 4 is 11.6 Å². The first-order valence-electron chi connectivity index (χ1n) is 8.64. The number of pyridine rings is 1. The van der Waals surface area contributed by atoms with Crippen molar-refractivity contribution in [2.45, 2.75) is 25.5 Å². The summed E-state index contributed by atoms with van der Waals surface area (Å²) in [5.41, 5.74) is 1.35. The van der Waals surface area contributed by atoms with Gasteiger partial charge in [0.2, 0.25) is 0 Å². The van der Waals surface area contributed by atoms with E-state index < -0.39 is 12.5 Å². The smallest absolute Gasteiger partial charge is 0.387 e. The maximum atomic E-state index is 13.0. The fourth-order valence-electron chi connectivity index (χ4n) is 3.03. The lowest BCUT2D eigenvalue weighted by Crippen LogP contribution is -2.26. The number of H-pyrrole nitrogens is 1. The van der Waals surface area contributed by atoms with E-state index in [2.05, 4.69) is 15.0 Å². The molecule has 7 nitrogen and oxygen atoms in total. The highest BCUT2D eigenvalue weighted by Crippen LogP contribution is 2.36. The second-order valence-electron chi connectivity index (χ2n) is 6.47. The SMILES string of the molecule is COc1cc(-c2c[nH]c3cc(=O)ccn23)cc(OC(F)F)c1C(=O)NC1CC1. The van der Waals surface area contributed by atoms with Gasteiger partial charge in [0.25, 0.3) is 5.91 Å². The molecule has 2 aromatic heterocycles. The van der Waals surface area contributed by atoms with Crippen LogP contribution in [0.4, 0.5) is 8.78 Å². The average molecular weight is 389 g/mol. The quantitative estimate of drug-likeness (QED) is 0.679. The molecule has 146 valence electrons. The Morgan fingerprint density at radius 2 is 2.04 bits per heavy atom. The summed E-state index contributed by atoms with van der Waals surface area (Å²) in [7, 11) is 1.35. The van der Waals surface area contributed by atoms with Gasteiger partial charge in [-0.2, -0.15) is 8.78 Å². The molecule has 0 bridgehead atoms. The Morgan fingerprint density at radius 3 is 2.71 bits per heavy atom. The van der Waals surface area contributed by atoms with Gasteiger partial charge >= 0.3 is 6.61 Å². The molecule has 1 aliphatic carbocycles. The summed E-state index contributed by atoms with van der Waals surface area (Å²) in [6.07, 6.45) is 4.90. The largest absolute Gasteiger partial charge is 0.496 e. The zero-order chi connectivity index (χ0) is 19.8. The molecule has 28 heavy (non-hydrogen) atoms. The van der Waals surface area contributed by atoms with Crippen molar-refractivity contribution in [1.29, 1.82) is 0 Å². The van der Waals surface area contributed by atoms with Crippen LogP contribution in [0.15, 0.2) is 41.5 Å². The van der Waals surface area contributed by atoms with Crippen molar-refractivity contribution in [2.75, 3.05) is 7.11 Å². The van der Waals surface area contributed by atoms with E-state index in [1.807, 2.05) is 0 Å². The van der Waals surface area contributed by atoms with E-state index in [9.17, 15) is 18.4 Å². The number of halogens is 2. The second-order valence-corrected chi connectivity index (χ2v) is 6.47. The van der Waals surface area contributed by atoms with E-state index in [1.54, 1.807) is 22.9 Å². The van der Waals surface area contributed by atoms with Gasteiger partial charge in [0.15, 0.2) is 5.43 Å². The van der Waals surface area contributed by atoms with Gasteiger partial charge in [0, 0.05) is 36.1 Å². The highest BCUT2D eigenvalue weighted by atomic mass is 19.3. The third kappa shape index (κ3) is 3.42. The van der Waals surface area contributed by atoms with E-state index in [-0.39, 0.29) is 28.5 Å². The molecule has 9 heteroatoms. The maximum absolute atomic E-state index is 13.0. The Morgan fingerprint density at radius 1 is 1.29 bits per heavy atom. The molecule has 4 rings (SSSR count). The van der Waals surface area contributed by atoms with Gasteiger partial charge in [0.1, 0.15) is 22.7 Å². The molecule has 2 N–H and O–H groups in total. The first-order valence-corrected chi connectivity index (χ1v) is 8.64. The number of carbonyl (C=O) groups is 1. The Hall–Kier alpha value is -3.36.